The maximum absolute atomic E-state index is 12.1. The Labute approximate surface area is 95.5 Å². The minimum absolute atomic E-state index is 0.691. The molecular weight excluding hydrogens is 282 g/mol. The van der Waals surface area contributed by atoms with Crippen molar-refractivity contribution in [2.45, 2.75) is 10.7 Å². The molecule has 0 amide bonds. The van der Waals surface area contributed by atoms with Crippen LogP contribution in [0.25, 0.3) is 0 Å². The SMILES string of the molecule is Cn1cc(S(N)(=O)=O)c(NS(=O)(=O)C(F)F)n1. The van der Waals surface area contributed by atoms with E-state index in [1.54, 1.807) is 0 Å². The van der Waals surface area contributed by atoms with E-state index in [-0.39, 0.29) is 0 Å². The van der Waals surface area contributed by atoms with Gasteiger partial charge in [0.25, 0.3) is 10.0 Å². The van der Waals surface area contributed by atoms with Crippen LogP contribution in [0.1, 0.15) is 0 Å². The van der Waals surface area contributed by atoms with E-state index in [1.165, 1.54) is 11.8 Å². The van der Waals surface area contributed by atoms with E-state index >= 15 is 0 Å². The first-order valence-electron chi connectivity index (χ1n) is 3.90. The van der Waals surface area contributed by atoms with Gasteiger partial charge in [0.2, 0.25) is 10.0 Å². The summed E-state index contributed by atoms with van der Waals surface area (Å²) >= 11 is 0. The third kappa shape index (κ3) is 3.10. The van der Waals surface area contributed by atoms with Gasteiger partial charge in [-0.2, -0.15) is 13.9 Å². The number of alkyl halides is 2. The van der Waals surface area contributed by atoms with Crippen molar-refractivity contribution >= 4 is 25.9 Å². The van der Waals surface area contributed by atoms with Crippen molar-refractivity contribution < 1.29 is 25.6 Å². The molecule has 0 aliphatic carbocycles. The Morgan fingerprint density at radius 1 is 1.41 bits per heavy atom. The second-order valence-corrected chi connectivity index (χ2v) is 6.15. The molecule has 0 aliphatic rings. The molecule has 0 aromatic carbocycles. The van der Waals surface area contributed by atoms with Gasteiger partial charge in [-0.15, -0.1) is 0 Å². The standard InChI is InChI=1S/C5H8F2N4O4S2/c1-11-2-3(16(8,12)13)4(9-11)10-17(14,15)5(6)7/h2,5H,1H3,(H,9,10)(H2,8,12,13). The fourth-order valence-corrected chi connectivity index (χ4v) is 2.16. The molecule has 0 spiro atoms. The Morgan fingerprint density at radius 2 is 1.94 bits per heavy atom. The fourth-order valence-electron chi connectivity index (χ4n) is 0.925. The molecule has 98 valence electrons. The highest BCUT2D eigenvalue weighted by Crippen LogP contribution is 2.20. The lowest BCUT2D eigenvalue weighted by atomic mass is 10.7. The third-order valence-corrected chi connectivity index (χ3v) is 3.43. The van der Waals surface area contributed by atoms with E-state index in [2.05, 4.69) is 5.10 Å². The summed E-state index contributed by atoms with van der Waals surface area (Å²) in [6.07, 6.45) is 0.888. The minimum atomic E-state index is -5.00. The number of aromatic nitrogens is 2. The molecule has 1 aromatic rings. The van der Waals surface area contributed by atoms with Gasteiger partial charge >= 0.3 is 5.76 Å². The normalized spacial score (nSPS) is 13.0. The zero-order valence-electron chi connectivity index (χ0n) is 8.33. The number of hydrogen-bond donors (Lipinski definition) is 2. The Morgan fingerprint density at radius 3 is 2.35 bits per heavy atom. The molecule has 17 heavy (non-hydrogen) atoms. The van der Waals surface area contributed by atoms with Gasteiger partial charge in [0.05, 0.1) is 0 Å². The molecule has 1 aromatic heterocycles. The first kappa shape index (κ1) is 13.8. The van der Waals surface area contributed by atoms with Crippen LogP contribution < -0.4 is 9.86 Å². The van der Waals surface area contributed by atoms with Crippen molar-refractivity contribution in [2.75, 3.05) is 4.72 Å². The van der Waals surface area contributed by atoms with Gasteiger partial charge < -0.3 is 0 Å². The Kier molecular flexibility index (Phi) is 3.40. The number of aryl methyl sites for hydroxylation is 1. The van der Waals surface area contributed by atoms with Crippen molar-refractivity contribution in [3.63, 3.8) is 0 Å². The van der Waals surface area contributed by atoms with Gasteiger partial charge in [0.15, 0.2) is 5.82 Å². The van der Waals surface area contributed by atoms with Crippen LogP contribution >= 0.6 is 0 Å². The molecule has 3 N–H and O–H groups in total. The highest BCUT2D eigenvalue weighted by atomic mass is 32.2. The number of sulfonamides is 2. The first-order valence-corrected chi connectivity index (χ1v) is 6.99. The summed E-state index contributed by atoms with van der Waals surface area (Å²) < 4.78 is 70.1. The topological polar surface area (TPSA) is 124 Å². The first-order chi connectivity index (χ1) is 7.54. The number of rotatable bonds is 4. The molecule has 12 heteroatoms. The molecule has 0 saturated heterocycles. The summed E-state index contributed by atoms with van der Waals surface area (Å²) in [6.45, 7) is 0. The van der Waals surface area contributed by atoms with E-state index in [1.807, 2.05) is 0 Å². The number of nitrogens with one attached hydrogen (secondary N) is 1. The van der Waals surface area contributed by atoms with Crippen LogP contribution in [0, 0.1) is 0 Å². The molecule has 8 nitrogen and oxygen atoms in total. The van der Waals surface area contributed by atoms with Crippen LogP contribution in [0.15, 0.2) is 11.1 Å². The molecule has 0 atom stereocenters. The highest BCUT2D eigenvalue weighted by molar-refractivity contribution is 7.93. The van der Waals surface area contributed by atoms with Gasteiger partial charge in [-0.05, 0) is 0 Å². The maximum atomic E-state index is 12.1. The van der Waals surface area contributed by atoms with Crippen LogP contribution in [0.5, 0.6) is 0 Å². The summed E-state index contributed by atoms with van der Waals surface area (Å²) in [5.74, 6) is -4.48. The van der Waals surface area contributed by atoms with Gasteiger partial charge in [0, 0.05) is 13.2 Å². The Bertz CT molecular complexity index is 620. The third-order valence-electron chi connectivity index (χ3n) is 1.58. The quantitative estimate of drug-likeness (QED) is 0.738. The molecule has 0 bridgehead atoms. The van der Waals surface area contributed by atoms with Gasteiger partial charge in [-0.1, -0.05) is 0 Å². The number of nitrogens with two attached hydrogens (primary N) is 1. The lowest BCUT2D eigenvalue weighted by Gasteiger charge is -2.04. The Hall–Kier alpha value is -1.27. The van der Waals surface area contributed by atoms with E-state index in [9.17, 15) is 25.6 Å². The van der Waals surface area contributed by atoms with Crippen LogP contribution in [0.3, 0.4) is 0 Å². The summed E-state index contributed by atoms with van der Waals surface area (Å²) in [6, 6.07) is 0. The second kappa shape index (κ2) is 4.19. The van der Waals surface area contributed by atoms with Gasteiger partial charge in [-0.25, -0.2) is 22.0 Å². The van der Waals surface area contributed by atoms with Crippen molar-refractivity contribution in [2.24, 2.45) is 12.2 Å². The monoisotopic (exact) mass is 290 g/mol. The minimum Gasteiger partial charge on any atom is -0.272 e. The van der Waals surface area contributed by atoms with Crippen molar-refractivity contribution in [3.8, 4) is 0 Å². The van der Waals surface area contributed by atoms with E-state index in [4.69, 9.17) is 5.14 Å². The smallest absolute Gasteiger partial charge is 0.272 e. The number of nitrogens with zero attached hydrogens (tertiary/aromatic N) is 2. The second-order valence-electron chi connectivity index (χ2n) is 2.97. The number of primary sulfonamides is 1. The highest BCUT2D eigenvalue weighted by Gasteiger charge is 2.28. The maximum Gasteiger partial charge on any atom is 0.355 e. The number of anilines is 1. The molecule has 1 rings (SSSR count). The summed E-state index contributed by atoms with van der Waals surface area (Å²) in [5, 5.41) is 8.14. The van der Waals surface area contributed by atoms with Crippen molar-refractivity contribution in [1.82, 2.24) is 9.78 Å². The zero-order chi connectivity index (χ0) is 13.4. The van der Waals surface area contributed by atoms with Crippen LogP contribution in [0.4, 0.5) is 14.6 Å². The van der Waals surface area contributed by atoms with E-state index in [0.717, 1.165) is 10.9 Å². The molecule has 0 radical (unpaired) electrons. The zero-order valence-corrected chi connectivity index (χ0v) is 9.96. The lowest BCUT2D eigenvalue weighted by molar-refractivity contribution is 0.236. The summed E-state index contributed by atoms with van der Waals surface area (Å²) in [5.41, 5.74) is 0. The van der Waals surface area contributed by atoms with Gasteiger partial charge in [-0.3, -0.25) is 9.40 Å². The molecule has 1 heterocycles. The molecule has 0 fully saturated rings. The average Bonchev–Trinajstić information content (AvgIpc) is 2.44. The van der Waals surface area contributed by atoms with Crippen LogP contribution in [-0.2, 0) is 27.1 Å². The largest absolute Gasteiger partial charge is 0.355 e. The molecule has 0 saturated carbocycles. The Balaban J connectivity index is 3.26. The molecule has 0 unspecified atom stereocenters. The molecule has 0 aliphatic heterocycles. The summed E-state index contributed by atoms with van der Waals surface area (Å²) in [4.78, 5) is -0.691. The summed E-state index contributed by atoms with van der Waals surface area (Å²) in [7, 11) is -7.99. The fraction of sp³-hybridized carbons (Fsp3) is 0.400. The van der Waals surface area contributed by atoms with Crippen LogP contribution in [0.2, 0.25) is 0 Å². The predicted octanol–water partition coefficient (Wildman–Crippen LogP) is -0.968. The average molecular weight is 290 g/mol. The lowest BCUT2D eigenvalue weighted by Crippen LogP contribution is -2.23. The van der Waals surface area contributed by atoms with Crippen molar-refractivity contribution in [1.29, 1.82) is 0 Å². The number of halogens is 2. The number of hydrogen-bond acceptors (Lipinski definition) is 5. The predicted molar refractivity (Wildman–Crippen MR) is 53.1 cm³/mol. The van der Waals surface area contributed by atoms with Crippen LogP contribution in [-0.4, -0.2) is 32.4 Å². The van der Waals surface area contributed by atoms with E-state index < -0.39 is 36.5 Å². The van der Waals surface area contributed by atoms with E-state index in [0.29, 0.717) is 0 Å². The van der Waals surface area contributed by atoms with Gasteiger partial charge in [0.1, 0.15) is 4.90 Å². The molecular formula is C5H8F2N4O4S2. The van der Waals surface area contributed by atoms with Crippen molar-refractivity contribution in [3.05, 3.63) is 6.20 Å².